The minimum absolute atomic E-state index is 0.0345. The number of hydrogen-bond acceptors (Lipinski definition) is 9. The summed E-state index contributed by atoms with van der Waals surface area (Å²) in [5, 5.41) is 2.80. The van der Waals surface area contributed by atoms with E-state index in [-0.39, 0.29) is 50.7 Å². The maximum atomic E-state index is 16.6. The predicted octanol–water partition coefficient (Wildman–Crippen LogP) is 10.6. The topological polar surface area (TPSA) is 112 Å². The van der Waals surface area contributed by atoms with Crippen molar-refractivity contribution < 1.29 is 35.1 Å². The van der Waals surface area contributed by atoms with Crippen LogP contribution in [0.4, 0.5) is 8.78 Å². The summed E-state index contributed by atoms with van der Waals surface area (Å²) in [5.41, 5.74) is 2.94. The molecule has 1 aliphatic heterocycles. The van der Waals surface area contributed by atoms with Gasteiger partial charge in [-0.25, -0.2) is 34.6 Å². The number of sulfone groups is 1. The number of ether oxygens (including phenoxy) is 1. The number of rotatable bonds is 6. The van der Waals surface area contributed by atoms with Gasteiger partial charge < -0.3 is 4.74 Å². The fourth-order valence-corrected chi connectivity index (χ4v) is 13.5. The Bertz CT molecular complexity index is 2810. The quantitative estimate of drug-likeness (QED) is 0.152. The van der Waals surface area contributed by atoms with E-state index in [2.05, 4.69) is 13.0 Å². The molecule has 0 aliphatic carbocycles. The summed E-state index contributed by atoms with van der Waals surface area (Å²) < 4.78 is 94.1. The minimum atomic E-state index is -4.13. The number of methoxy groups -OCH3 is 1. The van der Waals surface area contributed by atoms with Gasteiger partial charge in [-0.15, -0.1) is 11.3 Å². The van der Waals surface area contributed by atoms with E-state index < -0.39 is 42.3 Å². The molecule has 2 aromatic heterocycles. The van der Waals surface area contributed by atoms with Crippen molar-refractivity contribution in [2.24, 2.45) is 11.3 Å². The summed E-state index contributed by atoms with van der Waals surface area (Å²) in [4.78, 5) is 18.0. The van der Waals surface area contributed by atoms with Gasteiger partial charge in [-0.3, -0.25) is 4.79 Å². The number of esters is 1. The summed E-state index contributed by atoms with van der Waals surface area (Å²) in [5.74, 6) is -2.27. The normalized spacial score (nSPS) is 18.9. The van der Waals surface area contributed by atoms with Gasteiger partial charge in [0, 0.05) is 38.9 Å². The van der Waals surface area contributed by atoms with Gasteiger partial charge in [0.25, 0.3) is 10.0 Å². The first-order valence-electron chi connectivity index (χ1n) is 19.8. The molecule has 4 bridgehead atoms. The van der Waals surface area contributed by atoms with Crippen molar-refractivity contribution in [1.29, 1.82) is 0 Å². The molecule has 0 saturated heterocycles. The number of hydrogen-bond donors (Lipinski definition) is 0. The number of halogens is 2. The summed E-state index contributed by atoms with van der Waals surface area (Å²) in [6, 6.07) is 21.6. The lowest BCUT2D eigenvalue weighted by Gasteiger charge is -2.32. The Morgan fingerprint density at radius 2 is 1.73 bits per heavy atom. The van der Waals surface area contributed by atoms with Gasteiger partial charge >= 0.3 is 5.97 Å². The molecule has 0 fully saturated rings. The Kier molecular flexibility index (Phi) is 12.3. The van der Waals surface area contributed by atoms with Crippen LogP contribution in [0.2, 0.25) is 0 Å². The van der Waals surface area contributed by atoms with Crippen LogP contribution in [0.1, 0.15) is 74.9 Å². The van der Waals surface area contributed by atoms with Crippen molar-refractivity contribution in [1.82, 2.24) is 8.96 Å². The van der Waals surface area contributed by atoms with Gasteiger partial charge in [0.2, 0.25) is 0 Å². The maximum Gasteiger partial charge on any atom is 0.308 e. The molecule has 0 spiro atoms. The van der Waals surface area contributed by atoms with Crippen LogP contribution in [0.25, 0.3) is 21.5 Å². The maximum absolute atomic E-state index is 16.6. The Morgan fingerprint density at radius 3 is 2.47 bits per heavy atom. The lowest BCUT2D eigenvalue weighted by atomic mass is 9.74. The highest BCUT2D eigenvalue weighted by molar-refractivity contribution is 7.99. The van der Waals surface area contributed by atoms with Crippen molar-refractivity contribution in [2.75, 3.05) is 18.6 Å². The third kappa shape index (κ3) is 8.98. The molecule has 316 valence electrons. The van der Waals surface area contributed by atoms with Crippen LogP contribution in [0.5, 0.6) is 0 Å². The molecular weight excluding hydrogens is 843 g/mol. The number of carbonyl (C=O) groups is 1. The van der Waals surface area contributed by atoms with Gasteiger partial charge in [0.05, 0.1) is 45.5 Å². The van der Waals surface area contributed by atoms with Gasteiger partial charge in [-0.1, -0.05) is 80.9 Å². The molecule has 14 heteroatoms. The van der Waals surface area contributed by atoms with Crippen molar-refractivity contribution in [2.45, 2.75) is 86.8 Å². The Hall–Kier alpha value is -4.37. The van der Waals surface area contributed by atoms with E-state index in [9.17, 15) is 21.6 Å². The molecule has 0 N–H and O–H groups in total. The Morgan fingerprint density at radius 1 is 0.983 bits per heavy atom. The van der Waals surface area contributed by atoms with E-state index in [1.807, 2.05) is 51.3 Å². The molecule has 0 radical (unpaired) electrons. The average molecular weight is 891 g/mol. The molecule has 0 amide bonds. The smallest absolute Gasteiger partial charge is 0.308 e. The van der Waals surface area contributed by atoms with Crippen LogP contribution in [0.15, 0.2) is 105 Å². The first-order chi connectivity index (χ1) is 28.3. The van der Waals surface area contributed by atoms with E-state index in [1.165, 1.54) is 48.9 Å². The molecular formula is C46H48F2N2O6S4. The number of thiazole rings is 1. The molecule has 8 nitrogen and oxygen atoms in total. The molecule has 6 aromatic rings. The van der Waals surface area contributed by atoms with Crippen molar-refractivity contribution >= 4 is 59.8 Å². The van der Waals surface area contributed by atoms with Gasteiger partial charge in [0.1, 0.15) is 16.6 Å². The van der Waals surface area contributed by atoms with E-state index in [0.29, 0.717) is 46.5 Å². The summed E-state index contributed by atoms with van der Waals surface area (Å²) in [7, 11) is -6.47. The monoisotopic (exact) mass is 890 g/mol. The summed E-state index contributed by atoms with van der Waals surface area (Å²) in [6.07, 6.45) is 3.60. The van der Waals surface area contributed by atoms with Crippen LogP contribution in [0.3, 0.4) is 0 Å². The number of aromatic nitrogens is 2. The lowest BCUT2D eigenvalue weighted by Crippen LogP contribution is -2.29. The minimum Gasteiger partial charge on any atom is -0.469 e. The number of benzene rings is 4. The average Bonchev–Trinajstić information content (AvgIpc) is 3.86. The second-order valence-electron chi connectivity index (χ2n) is 16.8. The molecule has 0 saturated carbocycles. The second-order valence-corrected chi connectivity index (χ2v) is 22.8. The summed E-state index contributed by atoms with van der Waals surface area (Å²) in [6.45, 7) is 9.63. The van der Waals surface area contributed by atoms with E-state index >= 15 is 8.78 Å². The highest BCUT2D eigenvalue weighted by atomic mass is 32.2. The van der Waals surface area contributed by atoms with E-state index in [0.717, 1.165) is 38.1 Å². The SMILES string of the molecule is COC(=O)[C@@H](C)Cc1cccc([C@@]2(C)CCCC(C)(C)CS(=O)(=O)CCc3c(c(F)cc4c3ccn4S(=O)(=O)c3ccc(C)cc3)Sc3ccc(F)c(c3)-c3nc2cs3)c1. The second kappa shape index (κ2) is 16.8. The zero-order valence-electron chi connectivity index (χ0n) is 34.4. The molecule has 1 aliphatic rings. The predicted molar refractivity (Wildman–Crippen MR) is 235 cm³/mol. The molecule has 60 heavy (non-hydrogen) atoms. The number of fused-ring (bicyclic) bond motifs is 8. The molecule has 0 unspecified atom stereocenters. The zero-order valence-corrected chi connectivity index (χ0v) is 37.7. The first-order valence-corrected chi connectivity index (χ1v) is 24.7. The largest absolute Gasteiger partial charge is 0.469 e. The van der Waals surface area contributed by atoms with Gasteiger partial charge in [-0.05, 0) is 98.0 Å². The molecule has 4 aromatic carbocycles. The summed E-state index contributed by atoms with van der Waals surface area (Å²) >= 11 is 2.35. The third-order valence-corrected chi connectivity index (χ3v) is 17.3. The Balaban J connectivity index is 1.34. The highest BCUT2D eigenvalue weighted by Gasteiger charge is 2.35. The number of carbonyl (C=O) groups excluding carboxylic acids is 1. The van der Waals surface area contributed by atoms with Crippen molar-refractivity contribution in [3.8, 4) is 10.6 Å². The Labute approximate surface area is 359 Å². The van der Waals surface area contributed by atoms with Gasteiger partial charge in [0.15, 0.2) is 9.84 Å². The molecule has 2 atom stereocenters. The van der Waals surface area contributed by atoms with Crippen LogP contribution in [0, 0.1) is 29.9 Å². The fourth-order valence-electron chi connectivity index (χ4n) is 8.19. The van der Waals surface area contributed by atoms with Crippen molar-refractivity contribution in [3.63, 3.8) is 0 Å². The van der Waals surface area contributed by atoms with Crippen LogP contribution < -0.4 is 0 Å². The third-order valence-electron chi connectivity index (χ3n) is 11.5. The van der Waals surface area contributed by atoms with Crippen LogP contribution in [-0.2, 0) is 47.6 Å². The fraction of sp³-hybridized carbons (Fsp3) is 0.348. The molecule has 3 heterocycles. The van der Waals surface area contributed by atoms with Crippen molar-refractivity contribution in [3.05, 3.63) is 130 Å². The number of aryl methyl sites for hydroxylation is 2. The van der Waals surface area contributed by atoms with Gasteiger partial charge in [-0.2, -0.15) is 0 Å². The highest BCUT2D eigenvalue weighted by Crippen LogP contribution is 2.44. The zero-order chi connectivity index (χ0) is 43.2. The van der Waals surface area contributed by atoms with E-state index in [4.69, 9.17) is 9.72 Å². The standard InChI is InChI=1S/C46H48F2N2O6S4/c1-29-11-14-34(15-12-29)60(54,55)50-21-17-35-36-18-22-59(52,53)28-45(3,4)19-8-20-46(5,32-10-7-9-31(24-32)23-30(2)44(51)56-6)41-27-57-43(49-41)37-25-33(13-16-38(37)47)58-42(36)39(48)26-40(35)50/h7,9-17,21,24-27,30H,8,18-20,22-23,28H2,1-6H3/t30-,46+/m0/s1. The lowest BCUT2D eigenvalue weighted by molar-refractivity contribution is -0.144. The first kappa shape index (κ1) is 43.7. The van der Waals surface area contributed by atoms with Crippen LogP contribution in [-0.4, -0.2) is 50.4 Å². The van der Waals surface area contributed by atoms with Crippen LogP contribution >= 0.6 is 23.1 Å². The molecule has 7 rings (SSSR count). The number of nitrogens with zero attached hydrogens (tertiary/aromatic N) is 2. The van der Waals surface area contributed by atoms with E-state index in [1.54, 1.807) is 30.3 Å².